The van der Waals surface area contributed by atoms with Crippen LogP contribution in [0.15, 0.2) is 24.3 Å². The van der Waals surface area contributed by atoms with Gasteiger partial charge in [0.1, 0.15) is 0 Å². The van der Waals surface area contributed by atoms with Crippen LogP contribution in [0.4, 0.5) is 0 Å². The summed E-state index contributed by atoms with van der Waals surface area (Å²) in [5.41, 5.74) is 2.47. The third kappa shape index (κ3) is 3.40. The van der Waals surface area contributed by atoms with Crippen LogP contribution in [0.25, 0.3) is 0 Å². The minimum absolute atomic E-state index is 0.0656. The second kappa shape index (κ2) is 5.57. The summed E-state index contributed by atoms with van der Waals surface area (Å²) in [5, 5.41) is 3.12. The monoisotopic (exact) mass is 274 g/mol. The van der Waals surface area contributed by atoms with E-state index in [4.69, 9.17) is 0 Å². The average molecular weight is 274 g/mol. The third-order valence-corrected chi connectivity index (χ3v) is 3.75. The first-order valence-electron chi connectivity index (χ1n) is 7.42. The van der Waals surface area contributed by atoms with E-state index >= 15 is 0 Å². The lowest BCUT2D eigenvalue weighted by Crippen LogP contribution is -2.56. The predicted molar refractivity (Wildman–Crippen MR) is 82.5 cm³/mol. The molecule has 3 heteroatoms. The maximum Gasteiger partial charge on any atom is 0.238 e. The van der Waals surface area contributed by atoms with Gasteiger partial charge in [-0.25, -0.2) is 0 Å². The fourth-order valence-electron chi connectivity index (χ4n) is 2.78. The molecule has 0 aliphatic carbocycles. The van der Waals surface area contributed by atoms with E-state index in [1.54, 1.807) is 0 Å². The minimum atomic E-state index is -0.184. The molecule has 0 bridgehead atoms. The second-order valence-corrected chi connectivity index (χ2v) is 6.99. The maximum atomic E-state index is 12.6. The number of hydrogen-bond acceptors (Lipinski definition) is 2. The first kappa shape index (κ1) is 15.0. The summed E-state index contributed by atoms with van der Waals surface area (Å²) in [6.07, 6.45) is 0.802. The molecule has 110 valence electrons. The molecule has 0 saturated heterocycles. The van der Waals surface area contributed by atoms with Crippen LogP contribution in [0.1, 0.15) is 45.7 Å². The highest BCUT2D eigenvalue weighted by atomic mass is 16.2. The number of carbonyl (C=O) groups is 1. The van der Waals surface area contributed by atoms with Crippen molar-refractivity contribution >= 4 is 5.91 Å². The topological polar surface area (TPSA) is 32.3 Å². The van der Waals surface area contributed by atoms with Crippen molar-refractivity contribution in [3.8, 4) is 0 Å². The van der Waals surface area contributed by atoms with E-state index in [0.29, 0.717) is 6.04 Å². The van der Waals surface area contributed by atoms with Gasteiger partial charge in [-0.05, 0) is 52.2 Å². The van der Waals surface area contributed by atoms with E-state index in [1.165, 1.54) is 11.1 Å². The quantitative estimate of drug-likeness (QED) is 0.899. The summed E-state index contributed by atoms with van der Waals surface area (Å²) in [7, 11) is 0. The van der Waals surface area contributed by atoms with Crippen molar-refractivity contribution in [2.45, 2.75) is 65.2 Å². The van der Waals surface area contributed by atoms with Crippen LogP contribution < -0.4 is 5.32 Å². The summed E-state index contributed by atoms with van der Waals surface area (Å²) in [6.45, 7) is 11.3. The number of benzene rings is 1. The van der Waals surface area contributed by atoms with Gasteiger partial charge in [-0.3, -0.25) is 9.69 Å². The Balaban J connectivity index is 2.24. The summed E-state index contributed by atoms with van der Waals surface area (Å²) >= 11 is 0. The van der Waals surface area contributed by atoms with Crippen LogP contribution >= 0.6 is 0 Å². The van der Waals surface area contributed by atoms with E-state index < -0.39 is 0 Å². The van der Waals surface area contributed by atoms with E-state index in [-0.39, 0.29) is 17.5 Å². The van der Waals surface area contributed by atoms with Crippen LogP contribution in [0, 0.1) is 0 Å². The van der Waals surface area contributed by atoms with Crippen molar-refractivity contribution < 1.29 is 4.79 Å². The fraction of sp³-hybridized carbons (Fsp3) is 0.588. The van der Waals surface area contributed by atoms with Crippen LogP contribution in [0.3, 0.4) is 0 Å². The van der Waals surface area contributed by atoms with Gasteiger partial charge in [0.05, 0.1) is 6.04 Å². The van der Waals surface area contributed by atoms with E-state index in [2.05, 4.69) is 48.3 Å². The number of hydrogen-bond donors (Lipinski definition) is 1. The molecule has 1 aliphatic rings. The molecule has 1 N–H and O–H groups in total. The van der Waals surface area contributed by atoms with Gasteiger partial charge < -0.3 is 5.32 Å². The number of carbonyl (C=O) groups excluding carboxylic acids is 1. The van der Waals surface area contributed by atoms with Crippen molar-refractivity contribution in [2.24, 2.45) is 0 Å². The van der Waals surface area contributed by atoms with Gasteiger partial charge in [-0.15, -0.1) is 0 Å². The lowest BCUT2D eigenvalue weighted by molar-refractivity contribution is -0.129. The molecule has 20 heavy (non-hydrogen) atoms. The van der Waals surface area contributed by atoms with Crippen molar-refractivity contribution in [1.29, 1.82) is 0 Å². The smallest absolute Gasteiger partial charge is 0.238 e. The normalized spacial score (nSPS) is 19.8. The SMILES string of the molecule is CC(C)N1Cc2ccccc2C[C@H]1C(=O)NC(C)(C)C. The van der Waals surface area contributed by atoms with Crippen LogP contribution in [-0.4, -0.2) is 28.4 Å². The third-order valence-electron chi connectivity index (χ3n) is 3.75. The summed E-state index contributed by atoms with van der Waals surface area (Å²) in [4.78, 5) is 14.9. The highest BCUT2D eigenvalue weighted by Gasteiger charge is 2.34. The Bertz CT molecular complexity index is 488. The highest BCUT2D eigenvalue weighted by Crippen LogP contribution is 2.25. The van der Waals surface area contributed by atoms with Crippen molar-refractivity contribution in [2.75, 3.05) is 0 Å². The number of rotatable bonds is 2. The molecule has 1 amide bonds. The molecule has 0 unspecified atom stereocenters. The molecule has 0 fully saturated rings. The number of nitrogens with zero attached hydrogens (tertiary/aromatic N) is 1. The maximum absolute atomic E-state index is 12.6. The van der Waals surface area contributed by atoms with Crippen LogP contribution in [0.5, 0.6) is 0 Å². The van der Waals surface area contributed by atoms with Crippen LogP contribution in [-0.2, 0) is 17.8 Å². The zero-order valence-electron chi connectivity index (χ0n) is 13.2. The Morgan fingerprint density at radius 3 is 2.40 bits per heavy atom. The molecule has 3 nitrogen and oxygen atoms in total. The molecule has 1 aromatic rings. The zero-order valence-corrected chi connectivity index (χ0v) is 13.2. The average Bonchev–Trinajstić information content (AvgIpc) is 2.35. The molecule has 1 aliphatic heterocycles. The first-order valence-corrected chi connectivity index (χ1v) is 7.42. The number of amides is 1. The number of fused-ring (bicyclic) bond motifs is 1. The van der Waals surface area contributed by atoms with E-state index in [9.17, 15) is 4.79 Å². The Morgan fingerprint density at radius 2 is 1.85 bits per heavy atom. The molecule has 2 rings (SSSR count). The molecular formula is C17H26N2O. The molecule has 0 spiro atoms. The Hall–Kier alpha value is -1.35. The van der Waals surface area contributed by atoms with Crippen molar-refractivity contribution in [3.63, 3.8) is 0 Å². The molecule has 1 heterocycles. The Labute approximate surface area is 122 Å². The lowest BCUT2D eigenvalue weighted by atomic mass is 9.92. The second-order valence-electron chi connectivity index (χ2n) is 6.99. The van der Waals surface area contributed by atoms with Gasteiger partial charge >= 0.3 is 0 Å². The first-order chi connectivity index (χ1) is 9.28. The van der Waals surface area contributed by atoms with Gasteiger partial charge in [0, 0.05) is 18.1 Å². The standard InChI is InChI=1S/C17H26N2O/c1-12(2)19-11-14-9-7-6-8-13(14)10-15(19)16(20)18-17(3,4)5/h6-9,12,15H,10-11H2,1-5H3,(H,18,20)/t15-/m0/s1. The minimum Gasteiger partial charge on any atom is -0.350 e. The molecule has 1 atom stereocenters. The highest BCUT2D eigenvalue weighted by molar-refractivity contribution is 5.83. The van der Waals surface area contributed by atoms with Crippen molar-refractivity contribution in [3.05, 3.63) is 35.4 Å². The van der Waals surface area contributed by atoms with Crippen LogP contribution in [0.2, 0.25) is 0 Å². The lowest BCUT2D eigenvalue weighted by Gasteiger charge is -2.39. The summed E-state index contributed by atoms with van der Waals surface area (Å²) in [5.74, 6) is 0.140. The molecule has 1 aromatic carbocycles. The zero-order chi connectivity index (χ0) is 14.9. The van der Waals surface area contributed by atoms with Gasteiger partial charge in [0.2, 0.25) is 5.91 Å². The summed E-state index contributed by atoms with van der Waals surface area (Å²) in [6, 6.07) is 8.74. The van der Waals surface area contributed by atoms with Gasteiger partial charge in [-0.2, -0.15) is 0 Å². The van der Waals surface area contributed by atoms with Gasteiger partial charge in [0.25, 0.3) is 0 Å². The Morgan fingerprint density at radius 1 is 1.25 bits per heavy atom. The fourth-order valence-corrected chi connectivity index (χ4v) is 2.78. The van der Waals surface area contributed by atoms with Crippen molar-refractivity contribution in [1.82, 2.24) is 10.2 Å². The largest absolute Gasteiger partial charge is 0.350 e. The number of nitrogens with one attached hydrogen (secondary N) is 1. The molecule has 0 saturated carbocycles. The van der Waals surface area contributed by atoms with E-state index in [0.717, 1.165) is 13.0 Å². The summed E-state index contributed by atoms with van der Waals surface area (Å²) < 4.78 is 0. The van der Waals surface area contributed by atoms with Gasteiger partial charge in [0.15, 0.2) is 0 Å². The molecule has 0 aromatic heterocycles. The molecular weight excluding hydrogens is 248 g/mol. The van der Waals surface area contributed by atoms with Gasteiger partial charge in [-0.1, -0.05) is 24.3 Å². The molecule has 0 radical (unpaired) electrons. The van der Waals surface area contributed by atoms with E-state index in [1.807, 2.05) is 20.8 Å². The Kier molecular flexibility index (Phi) is 4.19. The predicted octanol–water partition coefficient (Wildman–Crippen LogP) is 2.74.